The zero-order chi connectivity index (χ0) is 7.98. The number of Topliss-reactive ketones (excluding diaryl/α,β-unsaturated/α-hetero) is 1. The molecule has 0 heterocycles. The van der Waals surface area contributed by atoms with E-state index in [9.17, 15) is 4.79 Å². The van der Waals surface area contributed by atoms with E-state index in [0.29, 0.717) is 18.1 Å². The van der Waals surface area contributed by atoms with Crippen molar-refractivity contribution >= 4 is 17.4 Å². The molecular weight excluding hydrogens is 148 g/mol. The van der Waals surface area contributed by atoms with Crippen LogP contribution in [0.1, 0.15) is 33.1 Å². The Bertz CT molecular complexity index is 99.4. The van der Waals surface area contributed by atoms with Crippen molar-refractivity contribution in [1.82, 2.24) is 0 Å². The van der Waals surface area contributed by atoms with Gasteiger partial charge in [0.15, 0.2) is 0 Å². The van der Waals surface area contributed by atoms with Gasteiger partial charge in [0.2, 0.25) is 0 Å². The number of hydrogen-bond donors (Lipinski definition) is 0. The van der Waals surface area contributed by atoms with Crippen LogP contribution in [0.2, 0.25) is 0 Å². The van der Waals surface area contributed by atoms with Crippen LogP contribution in [0.4, 0.5) is 0 Å². The number of halogens is 1. The molecule has 0 aromatic carbocycles. The first-order chi connectivity index (χ1) is 4.68. The molecule has 0 atom stereocenters. The number of rotatable bonds is 5. The second kappa shape index (κ2) is 5.72. The topological polar surface area (TPSA) is 17.1 Å². The summed E-state index contributed by atoms with van der Waals surface area (Å²) in [7, 11) is 0. The lowest BCUT2D eigenvalue weighted by Gasteiger charge is -2.01. The van der Waals surface area contributed by atoms with Crippen LogP contribution >= 0.6 is 11.6 Å². The normalized spacial score (nSPS) is 10.4. The van der Waals surface area contributed by atoms with Crippen molar-refractivity contribution in [2.75, 3.05) is 5.88 Å². The number of ketones is 1. The minimum Gasteiger partial charge on any atom is -0.299 e. The van der Waals surface area contributed by atoms with Crippen LogP contribution in [0, 0.1) is 5.92 Å². The predicted molar refractivity (Wildman–Crippen MR) is 44.4 cm³/mol. The average molecular weight is 163 g/mol. The zero-order valence-electron chi connectivity index (χ0n) is 6.69. The first-order valence-corrected chi connectivity index (χ1v) is 4.30. The highest BCUT2D eigenvalue weighted by atomic mass is 35.5. The summed E-state index contributed by atoms with van der Waals surface area (Å²) in [6.07, 6.45) is 2.60. The van der Waals surface area contributed by atoms with Crippen LogP contribution in [0.3, 0.4) is 0 Å². The average Bonchev–Trinajstić information content (AvgIpc) is 1.88. The molecule has 0 saturated heterocycles. The quantitative estimate of drug-likeness (QED) is 0.449. The SMILES string of the molecule is CC(C)C(=O)CCCCCl. The van der Waals surface area contributed by atoms with E-state index in [4.69, 9.17) is 11.6 Å². The molecule has 0 saturated carbocycles. The number of carbonyl (C=O) groups is 1. The molecule has 0 aliphatic carbocycles. The minimum absolute atomic E-state index is 0.190. The van der Waals surface area contributed by atoms with Gasteiger partial charge in [-0.25, -0.2) is 0 Å². The molecule has 0 spiro atoms. The third kappa shape index (κ3) is 4.80. The maximum absolute atomic E-state index is 11.0. The summed E-state index contributed by atoms with van der Waals surface area (Å²) in [6, 6.07) is 0. The van der Waals surface area contributed by atoms with Crippen LogP contribution in [0.25, 0.3) is 0 Å². The highest BCUT2D eigenvalue weighted by Crippen LogP contribution is 2.04. The summed E-state index contributed by atoms with van der Waals surface area (Å²) in [4.78, 5) is 11.0. The van der Waals surface area contributed by atoms with Crippen molar-refractivity contribution in [2.24, 2.45) is 5.92 Å². The van der Waals surface area contributed by atoms with Gasteiger partial charge in [0, 0.05) is 18.2 Å². The van der Waals surface area contributed by atoms with Gasteiger partial charge in [-0.05, 0) is 12.8 Å². The number of unbranched alkanes of at least 4 members (excludes halogenated alkanes) is 1. The monoisotopic (exact) mass is 162 g/mol. The lowest BCUT2D eigenvalue weighted by atomic mass is 10.0. The Balaban J connectivity index is 3.22. The summed E-state index contributed by atoms with van der Waals surface area (Å²) in [6.45, 7) is 3.87. The number of hydrogen-bond acceptors (Lipinski definition) is 1. The fraction of sp³-hybridized carbons (Fsp3) is 0.875. The Hall–Kier alpha value is -0.0400. The van der Waals surface area contributed by atoms with E-state index < -0.39 is 0 Å². The molecule has 0 aromatic heterocycles. The van der Waals surface area contributed by atoms with Crippen LogP contribution in [-0.2, 0) is 4.79 Å². The zero-order valence-corrected chi connectivity index (χ0v) is 7.45. The molecule has 1 nitrogen and oxygen atoms in total. The van der Waals surface area contributed by atoms with Gasteiger partial charge in [-0.2, -0.15) is 0 Å². The number of alkyl halides is 1. The number of carbonyl (C=O) groups excluding carboxylic acids is 1. The molecule has 0 N–H and O–H groups in total. The summed E-state index contributed by atoms with van der Waals surface area (Å²) < 4.78 is 0. The third-order valence-electron chi connectivity index (χ3n) is 1.45. The first-order valence-electron chi connectivity index (χ1n) is 3.77. The van der Waals surface area contributed by atoms with Crippen molar-refractivity contribution in [2.45, 2.75) is 33.1 Å². The molecule has 0 fully saturated rings. The Morgan fingerprint density at radius 1 is 1.40 bits per heavy atom. The van der Waals surface area contributed by atoms with Crippen molar-refractivity contribution in [3.63, 3.8) is 0 Å². The Kier molecular flexibility index (Phi) is 5.70. The molecular formula is C8H15ClO. The largest absolute Gasteiger partial charge is 0.299 e. The first kappa shape index (κ1) is 9.96. The summed E-state index contributed by atoms with van der Waals surface area (Å²) in [5.41, 5.74) is 0. The van der Waals surface area contributed by atoms with E-state index in [1.165, 1.54) is 0 Å². The van der Waals surface area contributed by atoms with Gasteiger partial charge in [-0.3, -0.25) is 4.79 Å². The lowest BCUT2D eigenvalue weighted by Crippen LogP contribution is -2.06. The van der Waals surface area contributed by atoms with Gasteiger partial charge in [-0.1, -0.05) is 13.8 Å². The van der Waals surface area contributed by atoms with E-state index in [-0.39, 0.29) is 5.92 Å². The van der Waals surface area contributed by atoms with E-state index in [1.807, 2.05) is 13.8 Å². The van der Waals surface area contributed by atoms with Crippen LogP contribution in [-0.4, -0.2) is 11.7 Å². The smallest absolute Gasteiger partial charge is 0.135 e. The van der Waals surface area contributed by atoms with Crippen molar-refractivity contribution < 1.29 is 4.79 Å². The second-order valence-electron chi connectivity index (χ2n) is 2.77. The van der Waals surface area contributed by atoms with Crippen molar-refractivity contribution in [1.29, 1.82) is 0 Å². The summed E-state index contributed by atoms with van der Waals surface area (Å²) in [5.74, 6) is 1.21. The van der Waals surface area contributed by atoms with Gasteiger partial charge >= 0.3 is 0 Å². The van der Waals surface area contributed by atoms with Gasteiger partial charge in [0.1, 0.15) is 5.78 Å². The molecule has 0 bridgehead atoms. The van der Waals surface area contributed by atoms with E-state index in [2.05, 4.69) is 0 Å². The third-order valence-corrected chi connectivity index (χ3v) is 1.72. The fourth-order valence-electron chi connectivity index (χ4n) is 0.682. The molecule has 0 aliphatic rings. The van der Waals surface area contributed by atoms with Gasteiger partial charge in [-0.15, -0.1) is 11.6 Å². The van der Waals surface area contributed by atoms with Gasteiger partial charge < -0.3 is 0 Å². The van der Waals surface area contributed by atoms with E-state index in [0.717, 1.165) is 12.8 Å². The molecule has 10 heavy (non-hydrogen) atoms. The molecule has 2 heteroatoms. The Morgan fingerprint density at radius 3 is 2.40 bits per heavy atom. The Labute approximate surface area is 67.8 Å². The van der Waals surface area contributed by atoms with Crippen LogP contribution < -0.4 is 0 Å². The highest BCUT2D eigenvalue weighted by molar-refractivity contribution is 6.17. The van der Waals surface area contributed by atoms with Crippen molar-refractivity contribution in [3.05, 3.63) is 0 Å². The van der Waals surface area contributed by atoms with Crippen LogP contribution in [0.5, 0.6) is 0 Å². The minimum atomic E-state index is 0.190. The van der Waals surface area contributed by atoms with Crippen LogP contribution in [0.15, 0.2) is 0 Å². The standard InChI is InChI=1S/C8H15ClO/c1-7(2)8(10)5-3-4-6-9/h7H,3-6H2,1-2H3. The lowest BCUT2D eigenvalue weighted by molar-refractivity contribution is -0.121. The predicted octanol–water partition coefficient (Wildman–Crippen LogP) is 2.62. The van der Waals surface area contributed by atoms with Crippen molar-refractivity contribution in [3.8, 4) is 0 Å². The summed E-state index contributed by atoms with van der Waals surface area (Å²) >= 11 is 5.45. The highest BCUT2D eigenvalue weighted by Gasteiger charge is 2.05. The molecule has 0 aromatic rings. The molecule has 0 amide bonds. The van der Waals surface area contributed by atoms with Gasteiger partial charge in [0.25, 0.3) is 0 Å². The maximum atomic E-state index is 11.0. The molecule has 60 valence electrons. The molecule has 0 aliphatic heterocycles. The van der Waals surface area contributed by atoms with E-state index >= 15 is 0 Å². The molecule has 0 radical (unpaired) electrons. The summed E-state index contributed by atoms with van der Waals surface area (Å²) in [5, 5.41) is 0. The van der Waals surface area contributed by atoms with Gasteiger partial charge in [0.05, 0.1) is 0 Å². The van der Waals surface area contributed by atoms with E-state index in [1.54, 1.807) is 0 Å². The molecule has 0 rings (SSSR count). The maximum Gasteiger partial charge on any atom is 0.135 e. The second-order valence-corrected chi connectivity index (χ2v) is 3.15. The Morgan fingerprint density at radius 2 is 2.00 bits per heavy atom. The fourth-order valence-corrected chi connectivity index (χ4v) is 0.871. The molecule has 0 unspecified atom stereocenters.